The molecule has 0 atom stereocenters. The summed E-state index contributed by atoms with van der Waals surface area (Å²) in [5.74, 6) is 2.43. The minimum Gasteiger partial charge on any atom is -0.292 e. The molecule has 0 saturated carbocycles. The van der Waals surface area contributed by atoms with Gasteiger partial charge in [0.25, 0.3) is 0 Å². The monoisotopic (exact) mass is 729 g/mol. The van der Waals surface area contributed by atoms with E-state index in [-0.39, 0.29) is 11.6 Å². The summed E-state index contributed by atoms with van der Waals surface area (Å²) in [6, 6.07) is 54.6. The molecule has 0 saturated heterocycles. The van der Waals surface area contributed by atoms with E-state index in [1.807, 2.05) is 127 Å². The minimum atomic E-state index is -0.300. The predicted octanol–water partition coefficient (Wildman–Crippen LogP) is 11.2. The van der Waals surface area contributed by atoms with E-state index in [9.17, 15) is 8.78 Å². The smallest absolute Gasteiger partial charge is 0.164 e. The predicted molar refractivity (Wildman–Crippen MR) is 216 cm³/mol. The summed E-state index contributed by atoms with van der Waals surface area (Å²) in [6.07, 6.45) is 0. The van der Waals surface area contributed by atoms with Crippen molar-refractivity contribution in [2.45, 2.75) is 0 Å². The Bertz CT molecular complexity index is 2820. The summed E-state index contributed by atoms with van der Waals surface area (Å²) in [6.45, 7) is 0. The van der Waals surface area contributed by atoms with Crippen LogP contribution in [0.4, 0.5) is 8.78 Å². The summed E-state index contributed by atoms with van der Waals surface area (Å²) in [7, 11) is 0. The van der Waals surface area contributed by atoms with Crippen LogP contribution < -0.4 is 0 Å². The molecular formula is C47H29F2N7. The zero-order valence-corrected chi connectivity index (χ0v) is 29.6. The number of para-hydroxylation sites is 4. The molecule has 0 aliphatic heterocycles. The van der Waals surface area contributed by atoms with E-state index in [0.717, 1.165) is 61.3 Å². The van der Waals surface area contributed by atoms with Gasteiger partial charge in [-0.3, -0.25) is 9.13 Å². The maximum absolute atomic E-state index is 13.9. The molecular weight excluding hydrogens is 701 g/mol. The summed E-state index contributed by atoms with van der Waals surface area (Å²) >= 11 is 0. The molecule has 0 radical (unpaired) electrons. The highest BCUT2D eigenvalue weighted by Crippen LogP contribution is 2.33. The Morgan fingerprint density at radius 3 is 1.05 bits per heavy atom. The van der Waals surface area contributed by atoms with Gasteiger partial charge in [-0.1, -0.05) is 54.6 Å². The van der Waals surface area contributed by atoms with E-state index in [1.165, 1.54) is 24.3 Å². The molecule has 0 aliphatic rings. The number of aromatic nitrogens is 7. The topological polar surface area (TPSA) is 74.3 Å². The van der Waals surface area contributed by atoms with E-state index >= 15 is 0 Å². The third-order valence-corrected chi connectivity index (χ3v) is 9.76. The number of imidazole rings is 2. The largest absolute Gasteiger partial charge is 0.292 e. The fourth-order valence-corrected chi connectivity index (χ4v) is 7.03. The van der Waals surface area contributed by atoms with Crippen LogP contribution >= 0.6 is 0 Å². The molecule has 56 heavy (non-hydrogen) atoms. The average Bonchev–Trinajstić information content (AvgIpc) is 3.84. The van der Waals surface area contributed by atoms with Crippen LogP contribution in [0.2, 0.25) is 0 Å². The van der Waals surface area contributed by atoms with Crippen molar-refractivity contribution in [3.05, 3.63) is 188 Å². The zero-order chi connectivity index (χ0) is 37.6. The molecule has 10 rings (SSSR count). The van der Waals surface area contributed by atoms with Gasteiger partial charge in [0.15, 0.2) is 17.5 Å². The lowest BCUT2D eigenvalue weighted by molar-refractivity contribution is 0.627. The van der Waals surface area contributed by atoms with E-state index in [2.05, 4.69) is 9.13 Å². The Kier molecular flexibility index (Phi) is 8.03. The number of fused-ring (bicyclic) bond motifs is 2. The van der Waals surface area contributed by atoms with Crippen LogP contribution in [0.25, 0.3) is 90.4 Å². The Labute approximate surface area is 319 Å². The normalized spacial score (nSPS) is 11.4. The van der Waals surface area contributed by atoms with E-state index in [0.29, 0.717) is 29.1 Å². The maximum Gasteiger partial charge on any atom is 0.164 e. The second kappa shape index (κ2) is 13.6. The van der Waals surface area contributed by atoms with Crippen LogP contribution in [-0.4, -0.2) is 34.1 Å². The molecule has 9 heteroatoms. The average molecular weight is 730 g/mol. The number of rotatable bonds is 7. The Hall–Kier alpha value is -7.65. The Morgan fingerprint density at radius 2 is 0.643 bits per heavy atom. The highest BCUT2D eigenvalue weighted by Gasteiger charge is 2.18. The molecule has 266 valence electrons. The first-order chi connectivity index (χ1) is 27.6. The highest BCUT2D eigenvalue weighted by atomic mass is 19.1. The van der Waals surface area contributed by atoms with E-state index in [4.69, 9.17) is 24.9 Å². The van der Waals surface area contributed by atoms with Gasteiger partial charge in [0.1, 0.15) is 23.3 Å². The molecule has 10 aromatic rings. The summed E-state index contributed by atoms with van der Waals surface area (Å²) in [5.41, 5.74) is 9.43. The van der Waals surface area contributed by atoms with Crippen molar-refractivity contribution in [2.75, 3.05) is 0 Å². The molecule has 0 aliphatic carbocycles. The molecule has 0 amide bonds. The van der Waals surface area contributed by atoms with Crippen molar-refractivity contribution in [3.8, 4) is 68.3 Å². The molecule has 0 spiro atoms. The van der Waals surface area contributed by atoms with Gasteiger partial charge >= 0.3 is 0 Å². The maximum atomic E-state index is 13.9. The van der Waals surface area contributed by atoms with Crippen LogP contribution in [0, 0.1) is 11.6 Å². The molecule has 0 N–H and O–H groups in total. The summed E-state index contributed by atoms with van der Waals surface area (Å²) in [4.78, 5) is 24.7. The van der Waals surface area contributed by atoms with Gasteiger partial charge < -0.3 is 0 Å². The molecule has 0 unspecified atom stereocenters. The number of benzene rings is 7. The molecule has 0 fully saturated rings. The lowest BCUT2D eigenvalue weighted by Crippen LogP contribution is -2.02. The van der Waals surface area contributed by atoms with Gasteiger partial charge in [-0.25, -0.2) is 33.7 Å². The van der Waals surface area contributed by atoms with Crippen LogP contribution in [0.5, 0.6) is 0 Å². The van der Waals surface area contributed by atoms with Gasteiger partial charge in [0.05, 0.1) is 22.1 Å². The van der Waals surface area contributed by atoms with Crippen molar-refractivity contribution >= 4 is 22.1 Å². The Balaban J connectivity index is 1.05. The second-order valence-electron chi connectivity index (χ2n) is 13.3. The third kappa shape index (κ3) is 5.97. The van der Waals surface area contributed by atoms with Crippen molar-refractivity contribution in [1.82, 2.24) is 34.1 Å². The van der Waals surface area contributed by atoms with Crippen LogP contribution in [0.15, 0.2) is 176 Å². The zero-order valence-electron chi connectivity index (χ0n) is 29.6. The van der Waals surface area contributed by atoms with Gasteiger partial charge in [-0.05, 0) is 121 Å². The van der Waals surface area contributed by atoms with Gasteiger partial charge in [0.2, 0.25) is 0 Å². The lowest BCUT2D eigenvalue weighted by Gasteiger charge is -2.12. The highest BCUT2D eigenvalue weighted by molar-refractivity contribution is 5.85. The molecule has 0 bridgehead atoms. The van der Waals surface area contributed by atoms with Crippen LogP contribution in [0.1, 0.15) is 0 Å². The first kappa shape index (κ1) is 33.0. The molecule has 3 heterocycles. The number of hydrogen-bond acceptors (Lipinski definition) is 5. The van der Waals surface area contributed by atoms with Crippen molar-refractivity contribution in [2.24, 2.45) is 0 Å². The van der Waals surface area contributed by atoms with Crippen LogP contribution in [0.3, 0.4) is 0 Å². The second-order valence-corrected chi connectivity index (χ2v) is 13.3. The first-order valence-corrected chi connectivity index (χ1v) is 18.1. The van der Waals surface area contributed by atoms with Crippen molar-refractivity contribution in [3.63, 3.8) is 0 Å². The van der Waals surface area contributed by atoms with E-state index < -0.39 is 0 Å². The minimum absolute atomic E-state index is 0.300. The van der Waals surface area contributed by atoms with Crippen LogP contribution in [-0.2, 0) is 0 Å². The first-order valence-electron chi connectivity index (χ1n) is 18.1. The standard InChI is InChI=1S/C47H29F2N7/c48-35-22-14-33(15-23-35)46-50-39-10-4-6-12-41(39)55(46)37-26-18-31(19-27-37)44-52-43(30-8-2-1-3-9-30)53-45(54-44)32-20-28-38(29-21-32)56-42-13-7-5-11-40(42)51-47(56)34-16-24-36(49)25-17-34/h1-29H. The SMILES string of the molecule is Fc1ccc(-c2nc3ccccc3n2-c2ccc(-c3nc(-c4ccccc4)nc(-c4ccc(-n5c(-c6ccc(F)cc6)nc6ccccc65)cc4)n3)cc2)cc1. The summed E-state index contributed by atoms with van der Waals surface area (Å²) in [5, 5.41) is 0. The summed E-state index contributed by atoms with van der Waals surface area (Å²) < 4.78 is 31.9. The van der Waals surface area contributed by atoms with Crippen molar-refractivity contribution in [1.29, 1.82) is 0 Å². The molecule has 7 aromatic carbocycles. The molecule has 7 nitrogen and oxygen atoms in total. The third-order valence-electron chi connectivity index (χ3n) is 9.76. The fraction of sp³-hybridized carbons (Fsp3) is 0. The number of nitrogens with zero attached hydrogens (tertiary/aromatic N) is 7. The van der Waals surface area contributed by atoms with Crippen molar-refractivity contribution < 1.29 is 8.78 Å². The molecule has 3 aromatic heterocycles. The lowest BCUT2D eigenvalue weighted by atomic mass is 10.1. The van der Waals surface area contributed by atoms with Gasteiger partial charge in [-0.15, -0.1) is 0 Å². The fourth-order valence-electron chi connectivity index (χ4n) is 7.03. The van der Waals surface area contributed by atoms with Gasteiger partial charge in [0, 0.05) is 39.2 Å². The quantitative estimate of drug-likeness (QED) is 0.163. The number of halogens is 2. The van der Waals surface area contributed by atoms with Gasteiger partial charge in [-0.2, -0.15) is 0 Å². The van der Waals surface area contributed by atoms with E-state index in [1.54, 1.807) is 24.3 Å². The number of hydrogen-bond donors (Lipinski definition) is 0. The Morgan fingerprint density at radius 1 is 0.304 bits per heavy atom.